The highest BCUT2D eigenvalue weighted by Crippen LogP contribution is 2.38. The van der Waals surface area contributed by atoms with Gasteiger partial charge in [0.2, 0.25) is 6.54 Å². The zero-order chi connectivity index (χ0) is 12.7. The fourth-order valence-corrected chi connectivity index (χ4v) is 3.28. The molecular weight excluding hydrogens is 228 g/mol. The SMILES string of the molecule is CNN1C=C2C[N+](=O)CC(C)C2C2=CC=CNC21. The lowest BCUT2D eigenvalue weighted by Gasteiger charge is -2.43. The maximum Gasteiger partial charge on any atom is 0.215 e. The molecule has 0 aromatic rings. The first kappa shape index (κ1) is 11.5. The molecule has 2 N–H and O–H groups in total. The summed E-state index contributed by atoms with van der Waals surface area (Å²) in [7, 11) is 1.90. The first-order valence-electron chi connectivity index (χ1n) is 6.41. The zero-order valence-electron chi connectivity index (χ0n) is 10.8. The van der Waals surface area contributed by atoms with Crippen LogP contribution in [0.15, 0.2) is 35.7 Å². The van der Waals surface area contributed by atoms with Gasteiger partial charge in [-0.1, -0.05) is 13.0 Å². The smallest absolute Gasteiger partial charge is 0.215 e. The minimum atomic E-state index is 0.161. The molecule has 0 saturated carbocycles. The first-order valence-corrected chi connectivity index (χ1v) is 6.41. The molecule has 5 heteroatoms. The van der Waals surface area contributed by atoms with Crippen LogP contribution in [0.25, 0.3) is 0 Å². The van der Waals surface area contributed by atoms with Gasteiger partial charge in [-0.25, -0.2) is 5.43 Å². The van der Waals surface area contributed by atoms with Gasteiger partial charge in [-0.2, -0.15) is 0 Å². The fraction of sp³-hybridized carbons (Fsp3) is 0.538. The van der Waals surface area contributed by atoms with E-state index in [-0.39, 0.29) is 6.17 Å². The zero-order valence-corrected chi connectivity index (χ0v) is 10.8. The molecule has 0 bridgehead atoms. The van der Waals surface area contributed by atoms with Crippen LogP contribution in [0.1, 0.15) is 6.92 Å². The lowest BCUT2D eigenvalue weighted by molar-refractivity contribution is -0.557. The molecule has 0 radical (unpaired) electrons. The van der Waals surface area contributed by atoms with E-state index in [0.29, 0.717) is 24.9 Å². The van der Waals surface area contributed by atoms with Crippen LogP contribution in [0.4, 0.5) is 0 Å². The first-order chi connectivity index (χ1) is 8.70. The second-order valence-corrected chi connectivity index (χ2v) is 5.21. The van der Waals surface area contributed by atoms with Crippen LogP contribution >= 0.6 is 0 Å². The summed E-state index contributed by atoms with van der Waals surface area (Å²) in [6.45, 7) is 3.30. The Labute approximate surface area is 107 Å². The summed E-state index contributed by atoms with van der Waals surface area (Å²) < 4.78 is 1.16. The van der Waals surface area contributed by atoms with E-state index in [0.717, 1.165) is 4.76 Å². The van der Waals surface area contributed by atoms with Gasteiger partial charge in [0.1, 0.15) is 6.17 Å². The Kier molecular flexibility index (Phi) is 2.70. The van der Waals surface area contributed by atoms with Gasteiger partial charge in [-0.15, -0.1) is 0 Å². The number of rotatable bonds is 1. The van der Waals surface area contributed by atoms with Crippen molar-refractivity contribution < 1.29 is 4.76 Å². The van der Waals surface area contributed by atoms with E-state index in [2.05, 4.69) is 29.9 Å². The van der Waals surface area contributed by atoms with Crippen molar-refractivity contribution >= 4 is 0 Å². The van der Waals surface area contributed by atoms with Crippen LogP contribution < -0.4 is 10.7 Å². The van der Waals surface area contributed by atoms with Crippen LogP contribution in [0, 0.1) is 16.7 Å². The lowest BCUT2D eigenvalue weighted by atomic mass is 9.75. The van der Waals surface area contributed by atoms with Crippen LogP contribution in [-0.4, -0.2) is 36.1 Å². The maximum atomic E-state index is 11.7. The fourth-order valence-electron chi connectivity index (χ4n) is 3.28. The van der Waals surface area contributed by atoms with E-state index in [4.69, 9.17) is 0 Å². The molecule has 3 aliphatic heterocycles. The lowest BCUT2D eigenvalue weighted by Crippen LogP contribution is -2.55. The van der Waals surface area contributed by atoms with Crippen molar-refractivity contribution in [1.82, 2.24) is 15.8 Å². The van der Waals surface area contributed by atoms with E-state index in [1.807, 2.05) is 24.3 Å². The molecule has 0 amide bonds. The highest BCUT2D eigenvalue weighted by atomic mass is 16.3. The summed E-state index contributed by atoms with van der Waals surface area (Å²) in [6.07, 6.45) is 8.43. The number of dihydropyridines is 1. The summed E-state index contributed by atoms with van der Waals surface area (Å²) in [5.41, 5.74) is 5.72. The average Bonchev–Trinajstić information content (AvgIpc) is 2.36. The topological polar surface area (TPSA) is 47.4 Å². The Balaban J connectivity index is 2.03. The molecule has 0 aliphatic carbocycles. The summed E-state index contributed by atoms with van der Waals surface area (Å²) >= 11 is 0. The highest BCUT2D eigenvalue weighted by Gasteiger charge is 2.43. The van der Waals surface area contributed by atoms with Gasteiger partial charge in [-0.3, -0.25) is 5.01 Å². The maximum absolute atomic E-state index is 11.7. The van der Waals surface area contributed by atoms with E-state index >= 15 is 0 Å². The van der Waals surface area contributed by atoms with Crippen molar-refractivity contribution in [2.75, 3.05) is 20.1 Å². The molecule has 3 unspecified atom stereocenters. The molecule has 1 saturated heterocycles. The summed E-state index contributed by atoms with van der Waals surface area (Å²) in [5.74, 6) is 0.755. The van der Waals surface area contributed by atoms with Gasteiger partial charge >= 0.3 is 0 Å². The molecule has 3 atom stereocenters. The number of hydrogen-bond donors (Lipinski definition) is 2. The molecule has 1 fully saturated rings. The molecule has 0 spiro atoms. The van der Waals surface area contributed by atoms with Crippen molar-refractivity contribution in [3.8, 4) is 0 Å². The third-order valence-corrected chi connectivity index (χ3v) is 3.97. The quantitative estimate of drug-likeness (QED) is 0.671. The summed E-state index contributed by atoms with van der Waals surface area (Å²) in [6, 6.07) is 0. The van der Waals surface area contributed by atoms with E-state index < -0.39 is 0 Å². The second kappa shape index (κ2) is 4.24. The van der Waals surface area contributed by atoms with Gasteiger partial charge in [-0.05, 0) is 17.8 Å². The van der Waals surface area contributed by atoms with Crippen LogP contribution in [0.3, 0.4) is 0 Å². The molecule has 3 heterocycles. The Morgan fingerprint density at radius 3 is 3.17 bits per heavy atom. The van der Waals surface area contributed by atoms with Crippen molar-refractivity contribution in [3.05, 3.63) is 40.6 Å². The molecular formula is C13H19N4O+. The summed E-state index contributed by atoms with van der Waals surface area (Å²) in [5, 5.41) is 5.40. The van der Waals surface area contributed by atoms with Gasteiger partial charge in [0.05, 0.1) is 0 Å². The number of nitrogens with one attached hydrogen (secondary N) is 2. The standard InChI is InChI=1S/C13H19N4O/c1-9-6-16(18)7-10-8-17(14-2)13-11(12(9)10)4-3-5-15-13/h3-5,8-9,12-15H,6-7H2,1-2H3/q+1. The van der Waals surface area contributed by atoms with Crippen molar-refractivity contribution in [2.24, 2.45) is 11.8 Å². The third-order valence-electron chi connectivity index (χ3n) is 3.97. The molecule has 5 nitrogen and oxygen atoms in total. The number of piperidine rings is 1. The second-order valence-electron chi connectivity index (χ2n) is 5.21. The Hall–Kier alpha value is -1.62. The van der Waals surface area contributed by atoms with Gasteiger partial charge in [0, 0.05) is 40.3 Å². The van der Waals surface area contributed by atoms with Crippen molar-refractivity contribution in [1.29, 1.82) is 0 Å². The molecule has 18 heavy (non-hydrogen) atoms. The normalized spacial score (nSPS) is 34.2. The van der Waals surface area contributed by atoms with Gasteiger partial charge < -0.3 is 5.32 Å². The third kappa shape index (κ3) is 1.66. The Bertz CT molecular complexity index is 466. The Morgan fingerprint density at radius 2 is 2.39 bits per heavy atom. The Morgan fingerprint density at radius 1 is 1.56 bits per heavy atom. The molecule has 0 aromatic carbocycles. The number of allylic oxidation sites excluding steroid dienone is 2. The molecule has 3 rings (SSSR count). The van der Waals surface area contributed by atoms with Crippen LogP contribution in [-0.2, 0) is 0 Å². The minimum Gasteiger partial charge on any atom is -0.367 e. The number of hydrogen-bond acceptors (Lipinski definition) is 4. The molecule has 96 valence electrons. The van der Waals surface area contributed by atoms with Crippen molar-refractivity contribution in [3.63, 3.8) is 0 Å². The monoisotopic (exact) mass is 247 g/mol. The highest BCUT2D eigenvalue weighted by molar-refractivity contribution is 5.36. The predicted molar refractivity (Wildman–Crippen MR) is 69.1 cm³/mol. The van der Waals surface area contributed by atoms with Crippen LogP contribution in [0.2, 0.25) is 0 Å². The minimum absolute atomic E-state index is 0.161. The average molecular weight is 247 g/mol. The predicted octanol–water partition coefficient (Wildman–Crippen LogP) is 0.734. The van der Waals surface area contributed by atoms with Crippen LogP contribution in [0.5, 0.6) is 0 Å². The number of nitroso groups, excluding NO2 is 1. The van der Waals surface area contributed by atoms with Crippen molar-refractivity contribution in [2.45, 2.75) is 13.1 Å². The van der Waals surface area contributed by atoms with Gasteiger partial charge in [0.15, 0.2) is 6.54 Å². The largest absolute Gasteiger partial charge is 0.367 e. The number of fused-ring (bicyclic) bond motifs is 3. The van der Waals surface area contributed by atoms with E-state index in [1.54, 1.807) is 0 Å². The summed E-state index contributed by atoms with van der Waals surface area (Å²) in [4.78, 5) is 11.7. The molecule has 3 aliphatic rings. The number of nitrogens with zero attached hydrogens (tertiary/aromatic N) is 2. The van der Waals surface area contributed by atoms with Gasteiger partial charge in [0.25, 0.3) is 0 Å². The van der Waals surface area contributed by atoms with E-state index in [1.165, 1.54) is 11.1 Å². The number of hydrazine groups is 1. The molecule has 0 aromatic heterocycles. The van der Waals surface area contributed by atoms with E-state index in [9.17, 15) is 4.91 Å².